The maximum atomic E-state index is 12.6. The predicted octanol–water partition coefficient (Wildman–Crippen LogP) is 3.69. The summed E-state index contributed by atoms with van der Waals surface area (Å²) in [7, 11) is 1.81. The number of benzene rings is 2. The monoisotopic (exact) mass is 429 g/mol. The predicted molar refractivity (Wildman–Crippen MR) is 114 cm³/mol. The van der Waals surface area contributed by atoms with Crippen molar-refractivity contribution in [1.29, 1.82) is 0 Å². The van der Waals surface area contributed by atoms with Gasteiger partial charge in [0.15, 0.2) is 5.16 Å². The van der Waals surface area contributed by atoms with Crippen molar-refractivity contribution < 1.29 is 9.59 Å². The Bertz CT molecular complexity index is 1010. The van der Waals surface area contributed by atoms with Gasteiger partial charge < -0.3 is 15.2 Å². The molecule has 0 saturated carbocycles. The Kier molecular flexibility index (Phi) is 6.90. The second-order valence-corrected chi connectivity index (χ2v) is 7.77. The quantitative estimate of drug-likeness (QED) is 0.559. The number of halogens is 1. The van der Waals surface area contributed by atoms with Crippen LogP contribution in [0.25, 0.3) is 0 Å². The summed E-state index contributed by atoms with van der Waals surface area (Å²) in [6, 6.07) is 14.0. The minimum absolute atomic E-state index is 0.180. The second-order valence-electron chi connectivity index (χ2n) is 6.39. The van der Waals surface area contributed by atoms with Crippen molar-refractivity contribution >= 4 is 40.9 Å². The Morgan fingerprint density at radius 1 is 1.21 bits per heavy atom. The van der Waals surface area contributed by atoms with E-state index >= 15 is 0 Å². The fourth-order valence-electron chi connectivity index (χ4n) is 2.58. The van der Waals surface area contributed by atoms with Crippen LogP contribution in [0.1, 0.15) is 28.9 Å². The molecule has 1 heterocycles. The van der Waals surface area contributed by atoms with Crippen LogP contribution in [0.4, 0.5) is 5.69 Å². The van der Waals surface area contributed by atoms with Gasteiger partial charge >= 0.3 is 0 Å². The second kappa shape index (κ2) is 9.58. The lowest BCUT2D eigenvalue weighted by Gasteiger charge is -2.15. The van der Waals surface area contributed by atoms with Crippen molar-refractivity contribution in [3.8, 4) is 0 Å². The number of thioether (sulfide) groups is 1. The highest BCUT2D eigenvalue weighted by Crippen LogP contribution is 2.18. The molecule has 1 unspecified atom stereocenters. The molecule has 7 nitrogen and oxygen atoms in total. The molecule has 2 N–H and O–H groups in total. The number of rotatable bonds is 7. The molecule has 0 spiro atoms. The third-order valence-corrected chi connectivity index (χ3v) is 5.41. The van der Waals surface area contributed by atoms with Crippen molar-refractivity contribution in [3.05, 3.63) is 71.0 Å². The zero-order valence-electron chi connectivity index (χ0n) is 15.9. The smallest absolute Gasteiger partial charge is 0.251 e. The van der Waals surface area contributed by atoms with Crippen molar-refractivity contribution in [1.82, 2.24) is 20.1 Å². The molecule has 0 aliphatic carbocycles. The first-order chi connectivity index (χ1) is 13.9. The third kappa shape index (κ3) is 5.82. The molecule has 0 bridgehead atoms. The van der Waals surface area contributed by atoms with Gasteiger partial charge in [0.1, 0.15) is 6.33 Å². The summed E-state index contributed by atoms with van der Waals surface area (Å²) < 4.78 is 1.74. The summed E-state index contributed by atoms with van der Waals surface area (Å²) >= 11 is 7.19. The Labute approximate surface area is 177 Å². The van der Waals surface area contributed by atoms with E-state index in [0.29, 0.717) is 21.4 Å². The van der Waals surface area contributed by atoms with Gasteiger partial charge in [-0.1, -0.05) is 41.6 Å². The van der Waals surface area contributed by atoms with E-state index in [9.17, 15) is 9.59 Å². The van der Waals surface area contributed by atoms with Crippen molar-refractivity contribution in [3.63, 3.8) is 0 Å². The Balaban J connectivity index is 1.58. The van der Waals surface area contributed by atoms with E-state index in [1.54, 1.807) is 47.3 Å². The van der Waals surface area contributed by atoms with E-state index < -0.39 is 0 Å². The van der Waals surface area contributed by atoms with E-state index in [1.807, 2.05) is 26.1 Å². The molecular formula is C20H20ClN5O2S. The molecule has 0 radical (unpaired) electrons. The normalized spacial score (nSPS) is 11.7. The van der Waals surface area contributed by atoms with Gasteiger partial charge in [-0.15, -0.1) is 10.2 Å². The highest BCUT2D eigenvalue weighted by molar-refractivity contribution is 7.99. The fraction of sp³-hybridized carbons (Fsp3) is 0.200. The standard InChI is InChI=1S/C20H20ClN5O2S/c1-13(14-6-8-16(21)9-7-14)23-19(28)15-4-3-5-17(10-15)24-18(27)11-29-20-25-22-12-26(20)2/h3-10,12-13H,11H2,1-2H3,(H,23,28)(H,24,27). The average molecular weight is 430 g/mol. The lowest BCUT2D eigenvalue weighted by molar-refractivity contribution is -0.113. The third-order valence-electron chi connectivity index (χ3n) is 4.13. The fourth-order valence-corrected chi connectivity index (χ4v) is 3.40. The molecule has 0 saturated heterocycles. The van der Waals surface area contributed by atoms with E-state index in [2.05, 4.69) is 20.8 Å². The number of carbonyl (C=O) groups excluding carboxylic acids is 2. The first-order valence-corrected chi connectivity index (χ1v) is 10.2. The molecular weight excluding hydrogens is 410 g/mol. The molecule has 2 amide bonds. The molecule has 2 aromatic carbocycles. The van der Waals surface area contributed by atoms with Gasteiger partial charge in [-0.3, -0.25) is 9.59 Å². The summed E-state index contributed by atoms with van der Waals surface area (Å²) in [5.41, 5.74) is 1.97. The summed E-state index contributed by atoms with van der Waals surface area (Å²) in [4.78, 5) is 24.8. The van der Waals surface area contributed by atoms with Crippen LogP contribution in [0.2, 0.25) is 5.02 Å². The molecule has 29 heavy (non-hydrogen) atoms. The zero-order valence-corrected chi connectivity index (χ0v) is 17.5. The lowest BCUT2D eigenvalue weighted by atomic mass is 10.1. The van der Waals surface area contributed by atoms with Crippen molar-refractivity contribution in [2.75, 3.05) is 11.1 Å². The maximum absolute atomic E-state index is 12.6. The highest BCUT2D eigenvalue weighted by atomic mass is 35.5. The minimum Gasteiger partial charge on any atom is -0.346 e. The van der Waals surface area contributed by atoms with Crippen molar-refractivity contribution in [2.24, 2.45) is 7.05 Å². The molecule has 1 aromatic heterocycles. The molecule has 150 valence electrons. The van der Waals surface area contributed by atoms with Crippen molar-refractivity contribution in [2.45, 2.75) is 18.1 Å². The van der Waals surface area contributed by atoms with E-state index in [1.165, 1.54) is 11.8 Å². The molecule has 0 aliphatic rings. The molecule has 1 atom stereocenters. The van der Waals surface area contributed by atoms with Gasteiger partial charge in [0, 0.05) is 23.3 Å². The number of nitrogens with one attached hydrogen (secondary N) is 2. The molecule has 0 aliphatic heterocycles. The number of amides is 2. The Morgan fingerprint density at radius 3 is 2.66 bits per heavy atom. The molecule has 0 fully saturated rings. The van der Waals surface area contributed by atoms with Crippen LogP contribution in [0, 0.1) is 0 Å². The van der Waals surface area contributed by atoms with E-state index in [0.717, 1.165) is 5.56 Å². The van der Waals surface area contributed by atoms with Gasteiger partial charge in [-0.05, 0) is 42.8 Å². The first-order valence-electron chi connectivity index (χ1n) is 8.85. The van der Waals surface area contributed by atoms with Gasteiger partial charge in [0.2, 0.25) is 5.91 Å². The lowest BCUT2D eigenvalue weighted by Crippen LogP contribution is -2.26. The summed E-state index contributed by atoms with van der Waals surface area (Å²) in [5.74, 6) is -0.224. The molecule has 3 aromatic rings. The molecule has 9 heteroatoms. The Morgan fingerprint density at radius 2 is 1.97 bits per heavy atom. The minimum atomic E-state index is -0.225. The number of carbonyl (C=O) groups is 2. The SMILES string of the molecule is CC(NC(=O)c1cccc(NC(=O)CSc2nncn2C)c1)c1ccc(Cl)cc1. The van der Waals surface area contributed by atoms with Crippen LogP contribution in [-0.4, -0.2) is 32.3 Å². The molecule has 3 rings (SSSR count). The topological polar surface area (TPSA) is 88.9 Å². The zero-order chi connectivity index (χ0) is 20.8. The first kappa shape index (κ1) is 20.9. The summed E-state index contributed by atoms with van der Waals surface area (Å²) in [6.45, 7) is 1.90. The van der Waals surface area contributed by atoms with Gasteiger partial charge in [-0.2, -0.15) is 0 Å². The average Bonchev–Trinajstić information content (AvgIpc) is 3.12. The maximum Gasteiger partial charge on any atom is 0.251 e. The van der Waals surface area contributed by atoms with Gasteiger partial charge in [-0.25, -0.2) is 0 Å². The van der Waals surface area contributed by atoms with Crippen LogP contribution in [0.5, 0.6) is 0 Å². The van der Waals surface area contributed by atoms with Gasteiger partial charge in [0.05, 0.1) is 11.8 Å². The van der Waals surface area contributed by atoms with Crippen LogP contribution in [0.15, 0.2) is 60.0 Å². The number of hydrogen-bond donors (Lipinski definition) is 2. The summed E-state index contributed by atoms with van der Waals surface area (Å²) in [6.07, 6.45) is 1.58. The highest BCUT2D eigenvalue weighted by Gasteiger charge is 2.13. The number of nitrogens with zero attached hydrogens (tertiary/aromatic N) is 3. The number of hydrogen-bond acceptors (Lipinski definition) is 5. The number of aromatic nitrogens is 3. The number of aryl methyl sites for hydroxylation is 1. The van der Waals surface area contributed by atoms with Gasteiger partial charge in [0.25, 0.3) is 5.91 Å². The van der Waals surface area contributed by atoms with E-state index in [4.69, 9.17) is 11.6 Å². The largest absolute Gasteiger partial charge is 0.346 e. The van der Waals surface area contributed by atoms with Crippen LogP contribution >= 0.6 is 23.4 Å². The van der Waals surface area contributed by atoms with E-state index in [-0.39, 0.29) is 23.6 Å². The summed E-state index contributed by atoms with van der Waals surface area (Å²) in [5, 5.41) is 14.7. The van der Waals surface area contributed by atoms with Crippen LogP contribution < -0.4 is 10.6 Å². The Hall–Kier alpha value is -2.84. The number of anilines is 1. The van der Waals surface area contributed by atoms with Crippen LogP contribution in [0.3, 0.4) is 0 Å². The van der Waals surface area contributed by atoms with Crippen LogP contribution in [-0.2, 0) is 11.8 Å².